The molecule has 128 valence electrons. The van der Waals surface area contributed by atoms with E-state index in [1.807, 2.05) is 0 Å². The molecule has 1 amide bonds. The molecule has 1 aliphatic heterocycles. The van der Waals surface area contributed by atoms with Crippen LogP contribution < -0.4 is 4.90 Å². The molecule has 0 aliphatic carbocycles. The maximum absolute atomic E-state index is 14.4. The van der Waals surface area contributed by atoms with Crippen LogP contribution in [-0.2, 0) is 17.8 Å². The van der Waals surface area contributed by atoms with E-state index >= 15 is 0 Å². The van der Waals surface area contributed by atoms with Crippen LogP contribution in [0.15, 0.2) is 0 Å². The van der Waals surface area contributed by atoms with Gasteiger partial charge in [-0.05, 0) is 13.3 Å². The molecule has 1 aliphatic rings. The summed E-state index contributed by atoms with van der Waals surface area (Å²) in [6, 6.07) is 0. The van der Waals surface area contributed by atoms with Crippen LogP contribution in [0.4, 0.5) is 14.6 Å². The van der Waals surface area contributed by atoms with E-state index in [1.54, 1.807) is 0 Å². The fourth-order valence-electron chi connectivity index (χ4n) is 2.61. The third-order valence-electron chi connectivity index (χ3n) is 3.97. The number of anilines is 1. The number of amides is 1. The standard InChI is InChI=1S/C14H20F2N4O3/c1-8(21)6-5-7-14(15,16)12-17-10-9(18(12)2)11(22)20(4)13(23)19(10)3/h13,23H,5-7H2,1-4H3. The normalized spacial score (nSPS) is 18.4. The quantitative estimate of drug-likeness (QED) is 0.874. The van der Waals surface area contributed by atoms with E-state index in [4.69, 9.17) is 0 Å². The second-order valence-electron chi connectivity index (χ2n) is 5.80. The number of halogens is 2. The summed E-state index contributed by atoms with van der Waals surface area (Å²) in [6.07, 6.45) is -1.69. The number of aliphatic hydroxyl groups excluding tert-OH is 1. The second-order valence-corrected chi connectivity index (χ2v) is 5.80. The van der Waals surface area contributed by atoms with Gasteiger partial charge >= 0.3 is 5.92 Å². The molecule has 7 nitrogen and oxygen atoms in total. The number of aliphatic hydroxyl groups is 1. The third kappa shape index (κ3) is 2.92. The Morgan fingerprint density at radius 2 is 1.91 bits per heavy atom. The zero-order valence-electron chi connectivity index (χ0n) is 13.5. The maximum atomic E-state index is 14.4. The van der Waals surface area contributed by atoms with Crippen molar-refractivity contribution in [3.05, 3.63) is 11.5 Å². The van der Waals surface area contributed by atoms with Crippen LogP contribution in [0.3, 0.4) is 0 Å². The molecular formula is C14H20F2N4O3. The van der Waals surface area contributed by atoms with Gasteiger partial charge in [0.1, 0.15) is 5.78 Å². The average molecular weight is 330 g/mol. The second kappa shape index (κ2) is 5.88. The number of alkyl halides is 2. The minimum atomic E-state index is -3.27. The number of rotatable bonds is 5. The van der Waals surface area contributed by atoms with Crippen LogP contribution in [0.5, 0.6) is 0 Å². The van der Waals surface area contributed by atoms with Crippen molar-refractivity contribution in [3.8, 4) is 0 Å². The Labute approximate surface area is 132 Å². The Bertz CT molecular complexity index is 644. The smallest absolute Gasteiger partial charge is 0.304 e. The SMILES string of the molecule is CC(=O)CCCC(F)(F)c1nc2c(n1C)C(=O)N(C)C(O)N2C. The molecule has 0 spiro atoms. The van der Waals surface area contributed by atoms with E-state index in [0.29, 0.717) is 0 Å². The van der Waals surface area contributed by atoms with Crippen LogP contribution in [-0.4, -0.2) is 51.7 Å². The van der Waals surface area contributed by atoms with Crippen molar-refractivity contribution in [2.24, 2.45) is 7.05 Å². The van der Waals surface area contributed by atoms with Crippen molar-refractivity contribution in [3.63, 3.8) is 0 Å². The first-order valence-electron chi connectivity index (χ1n) is 7.20. The molecule has 1 unspecified atom stereocenters. The molecule has 0 bridgehead atoms. The molecule has 0 saturated carbocycles. The number of fused-ring (bicyclic) bond motifs is 1. The number of nitrogens with zero attached hydrogens (tertiary/aromatic N) is 4. The van der Waals surface area contributed by atoms with E-state index in [0.717, 1.165) is 9.47 Å². The van der Waals surface area contributed by atoms with Gasteiger partial charge in [0.2, 0.25) is 6.35 Å². The summed E-state index contributed by atoms with van der Waals surface area (Å²) < 4.78 is 29.9. The number of carbonyl (C=O) groups excluding carboxylic acids is 2. The monoisotopic (exact) mass is 330 g/mol. The first kappa shape index (κ1) is 17.3. The van der Waals surface area contributed by atoms with Crippen molar-refractivity contribution in [1.29, 1.82) is 0 Å². The van der Waals surface area contributed by atoms with Crippen LogP contribution in [0.25, 0.3) is 0 Å². The van der Waals surface area contributed by atoms with Gasteiger partial charge in [-0.2, -0.15) is 8.78 Å². The lowest BCUT2D eigenvalue weighted by Gasteiger charge is -2.36. The predicted molar refractivity (Wildman–Crippen MR) is 78.1 cm³/mol. The van der Waals surface area contributed by atoms with Crippen LogP contribution in [0.2, 0.25) is 0 Å². The van der Waals surface area contributed by atoms with Crippen LogP contribution >= 0.6 is 0 Å². The summed E-state index contributed by atoms with van der Waals surface area (Å²) in [7, 11) is 4.19. The van der Waals surface area contributed by atoms with Gasteiger partial charge in [-0.1, -0.05) is 0 Å². The first-order chi connectivity index (χ1) is 10.6. The summed E-state index contributed by atoms with van der Waals surface area (Å²) >= 11 is 0. The molecule has 9 heteroatoms. The zero-order chi connectivity index (χ0) is 17.5. The Morgan fingerprint density at radius 3 is 2.48 bits per heavy atom. The lowest BCUT2D eigenvalue weighted by atomic mass is 10.1. The maximum Gasteiger partial charge on any atom is 0.304 e. The zero-order valence-corrected chi connectivity index (χ0v) is 13.5. The van der Waals surface area contributed by atoms with Crippen molar-refractivity contribution in [1.82, 2.24) is 14.5 Å². The Hall–Kier alpha value is -2.03. The molecule has 2 rings (SSSR count). The number of aromatic nitrogens is 2. The highest BCUT2D eigenvalue weighted by molar-refractivity contribution is 5.99. The Morgan fingerprint density at radius 1 is 1.30 bits per heavy atom. The van der Waals surface area contributed by atoms with Gasteiger partial charge in [0, 0.05) is 34.0 Å². The molecule has 1 aromatic heterocycles. The fourth-order valence-corrected chi connectivity index (χ4v) is 2.61. The van der Waals surface area contributed by atoms with Gasteiger partial charge in [-0.25, -0.2) is 4.98 Å². The Balaban J connectivity index is 2.38. The topological polar surface area (TPSA) is 78.7 Å². The number of carbonyl (C=O) groups is 2. The van der Waals surface area contributed by atoms with Gasteiger partial charge in [-0.3, -0.25) is 9.69 Å². The van der Waals surface area contributed by atoms with E-state index in [9.17, 15) is 23.5 Å². The molecular weight excluding hydrogens is 310 g/mol. The molecule has 1 atom stereocenters. The minimum absolute atomic E-state index is 0.00143. The summed E-state index contributed by atoms with van der Waals surface area (Å²) in [5.41, 5.74) is 0.00143. The molecule has 0 fully saturated rings. The van der Waals surface area contributed by atoms with Crippen molar-refractivity contribution >= 4 is 17.5 Å². The predicted octanol–water partition coefficient (Wildman–Crippen LogP) is 1.07. The highest BCUT2D eigenvalue weighted by atomic mass is 19.3. The number of ketones is 1. The van der Waals surface area contributed by atoms with E-state index in [2.05, 4.69) is 4.98 Å². The van der Waals surface area contributed by atoms with Crippen molar-refractivity contribution in [2.75, 3.05) is 19.0 Å². The average Bonchev–Trinajstić information content (AvgIpc) is 2.81. The van der Waals surface area contributed by atoms with Gasteiger partial charge in [0.15, 0.2) is 17.3 Å². The number of Topliss-reactive ketones (excluding diaryl/α,β-unsaturated/α-hetero) is 1. The molecule has 0 aromatic carbocycles. The summed E-state index contributed by atoms with van der Waals surface area (Å²) in [4.78, 5) is 29.3. The summed E-state index contributed by atoms with van der Waals surface area (Å²) in [5.74, 6) is -4.53. The first-order valence-corrected chi connectivity index (χ1v) is 7.20. The van der Waals surface area contributed by atoms with E-state index < -0.39 is 30.4 Å². The molecule has 23 heavy (non-hydrogen) atoms. The summed E-state index contributed by atoms with van der Waals surface area (Å²) in [6.45, 7) is 1.35. The molecule has 1 N–H and O–H groups in total. The van der Waals surface area contributed by atoms with Crippen LogP contribution in [0, 0.1) is 0 Å². The van der Waals surface area contributed by atoms with Crippen molar-refractivity contribution < 1.29 is 23.5 Å². The van der Waals surface area contributed by atoms with E-state index in [-0.39, 0.29) is 30.1 Å². The molecule has 0 saturated heterocycles. The molecule has 1 aromatic rings. The third-order valence-corrected chi connectivity index (χ3v) is 3.97. The van der Waals surface area contributed by atoms with Gasteiger partial charge in [0.25, 0.3) is 5.91 Å². The largest absolute Gasteiger partial charge is 0.356 e. The van der Waals surface area contributed by atoms with Crippen LogP contribution in [0.1, 0.15) is 42.5 Å². The van der Waals surface area contributed by atoms with Crippen molar-refractivity contribution in [2.45, 2.75) is 38.5 Å². The highest BCUT2D eigenvalue weighted by Crippen LogP contribution is 2.37. The number of hydrogen-bond acceptors (Lipinski definition) is 5. The fraction of sp³-hybridized carbons (Fsp3) is 0.643. The van der Waals surface area contributed by atoms with Gasteiger partial charge in [0.05, 0.1) is 0 Å². The summed E-state index contributed by atoms with van der Waals surface area (Å²) in [5, 5.41) is 9.93. The van der Waals surface area contributed by atoms with Gasteiger partial charge < -0.3 is 19.4 Å². The number of hydrogen-bond donors (Lipinski definition) is 1. The minimum Gasteiger partial charge on any atom is -0.356 e. The number of imidazole rings is 1. The Kier molecular flexibility index (Phi) is 4.43. The van der Waals surface area contributed by atoms with Gasteiger partial charge in [-0.15, -0.1) is 0 Å². The molecule has 2 heterocycles. The lowest BCUT2D eigenvalue weighted by molar-refractivity contribution is -0.117. The van der Waals surface area contributed by atoms with E-state index in [1.165, 1.54) is 33.0 Å². The lowest BCUT2D eigenvalue weighted by Crippen LogP contribution is -2.52. The highest BCUT2D eigenvalue weighted by Gasteiger charge is 2.43. The molecule has 0 radical (unpaired) electrons.